The van der Waals surface area contributed by atoms with Gasteiger partial charge in [-0.25, -0.2) is 9.97 Å². The summed E-state index contributed by atoms with van der Waals surface area (Å²) >= 11 is 0. The second-order valence-electron chi connectivity index (χ2n) is 9.57. The zero-order valence-electron chi connectivity index (χ0n) is 19.5. The number of aromatic nitrogens is 2. The molecule has 1 amide bonds. The number of fused-ring (bicyclic) bond motifs is 2. The lowest BCUT2D eigenvalue weighted by atomic mass is 9.81. The number of ether oxygens (including phenoxy) is 1. The topological polar surface area (TPSA) is 70.6 Å². The zero-order chi connectivity index (χ0) is 24.4. The minimum atomic E-state index is -4.76. The second-order valence-corrected chi connectivity index (χ2v) is 9.57. The van der Waals surface area contributed by atoms with E-state index in [2.05, 4.69) is 32.3 Å². The van der Waals surface area contributed by atoms with Crippen LogP contribution >= 0.6 is 0 Å². The summed E-state index contributed by atoms with van der Waals surface area (Å²) in [6.07, 6.45) is 1.21. The van der Waals surface area contributed by atoms with E-state index >= 15 is 0 Å². The summed E-state index contributed by atoms with van der Waals surface area (Å²) in [5.41, 5.74) is -0.429. The van der Waals surface area contributed by atoms with Crippen LogP contribution in [0.2, 0.25) is 0 Å². The van der Waals surface area contributed by atoms with Crippen LogP contribution in [0, 0.1) is 0 Å². The molecule has 3 saturated heterocycles. The van der Waals surface area contributed by atoms with Crippen molar-refractivity contribution in [1.82, 2.24) is 19.8 Å². The molecule has 1 aromatic heterocycles. The third-order valence-electron chi connectivity index (χ3n) is 7.25. The van der Waals surface area contributed by atoms with Crippen molar-refractivity contribution < 1.29 is 22.7 Å². The number of halogens is 3. The van der Waals surface area contributed by atoms with Crippen LogP contribution in [0.25, 0.3) is 0 Å². The number of nitrogens with one attached hydrogen (secondary N) is 1. The Morgan fingerprint density at radius 3 is 2.43 bits per heavy atom. The van der Waals surface area contributed by atoms with Crippen LogP contribution in [0.4, 0.5) is 19.1 Å². The van der Waals surface area contributed by atoms with Gasteiger partial charge in [0.1, 0.15) is 0 Å². The van der Waals surface area contributed by atoms with Gasteiger partial charge in [0.15, 0.2) is 5.69 Å². The molecule has 1 unspecified atom stereocenters. The van der Waals surface area contributed by atoms with Gasteiger partial charge in [-0.05, 0) is 31.2 Å². The fourth-order valence-electron chi connectivity index (χ4n) is 5.59. The number of anilines is 1. The number of hydrogen-bond donors (Lipinski definition) is 1. The smallest absolute Gasteiger partial charge is 0.378 e. The Bertz CT molecular complexity index is 1020. The van der Waals surface area contributed by atoms with Crippen LogP contribution < -0.4 is 5.32 Å². The number of carbonyl (C=O) groups is 1. The van der Waals surface area contributed by atoms with Gasteiger partial charge in [0.2, 0.25) is 5.95 Å². The van der Waals surface area contributed by atoms with Crippen LogP contribution in [-0.4, -0.2) is 70.1 Å². The molecule has 7 nitrogen and oxygen atoms in total. The normalized spacial score (nSPS) is 25.3. The predicted molar refractivity (Wildman–Crippen MR) is 124 cm³/mol. The molecule has 1 aromatic carbocycles. The maximum Gasteiger partial charge on any atom is 0.434 e. The molecule has 35 heavy (non-hydrogen) atoms. The Morgan fingerprint density at radius 1 is 1.09 bits per heavy atom. The summed E-state index contributed by atoms with van der Waals surface area (Å²) in [5.74, 6) is -0.786. The van der Waals surface area contributed by atoms with Gasteiger partial charge in [0.25, 0.3) is 5.91 Å². The summed E-state index contributed by atoms with van der Waals surface area (Å²) in [6.45, 7) is 1.99. The molecule has 1 N–H and O–H groups in total. The Balaban J connectivity index is 1.31. The first-order valence-electron chi connectivity index (χ1n) is 12.3. The summed E-state index contributed by atoms with van der Waals surface area (Å²) in [4.78, 5) is 24.6. The Hall–Kier alpha value is -2.72. The lowest BCUT2D eigenvalue weighted by Crippen LogP contribution is -2.54. The fourth-order valence-corrected chi connectivity index (χ4v) is 5.59. The molecular weight excluding hydrogens is 459 g/mol. The first-order chi connectivity index (χ1) is 16.9. The van der Waals surface area contributed by atoms with Crippen molar-refractivity contribution in [3.05, 3.63) is 53.3 Å². The lowest BCUT2D eigenvalue weighted by molar-refractivity contribution is -0.141. The number of morpholine rings is 1. The molecule has 4 heterocycles. The Kier molecular flexibility index (Phi) is 6.93. The third kappa shape index (κ3) is 5.43. The van der Waals surface area contributed by atoms with Crippen LogP contribution in [0.3, 0.4) is 0 Å². The largest absolute Gasteiger partial charge is 0.434 e. The monoisotopic (exact) mass is 489 g/mol. The van der Waals surface area contributed by atoms with E-state index in [0.717, 1.165) is 38.4 Å². The highest BCUT2D eigenvalue weighted by Crippen LogP contribution is 2.37. The van der Waals surface area contributed by atoms with Crippen LogP contribution in [-0.2, 0) is 17.5 Å². The summed E-state index contributed by atoms with van der Waals surface area (Å²) in [6, 6.07) is 11.1. The lowest BCUT2D eigenvalue weighted by Gasteiger charge is -2.49. The number of rotatable bonds is 5. The van der Waals surface area contributed by atoms with Crippen molar-refractivity contribution in [2.75, 3.05) is 31.6 Å². The maximum atomic E-state index is 13.9. The molecule has 0 spiro atoms. The van der Waals surface area contributed by atoms with E-state index < -0.39 is 23.3 Å². The molecule has 3 aliphatic heterocycles. The Morgan fingerprint density at radius 2 is 1.77 bits per heavy atom. The number of amides is 1. The molecule has 5 rings (SSSR count). The minimum absolute atomic E-state index is 0.0146. The summed E-state index contributed by atoms with van der Waals surface area (Å²) < 4.78 is 46.8. The highest BCUT2D eigenvalue weighted by Gasteiger charge is 2.41. The minimum Gasteiger partial charge on any atom is -0.378 e. The highest BCUT2D eigenvalue weighted by molar-refractivity contribution is 5.95. The van der Waals surface area contributed by atoms with Gasteiger partial charge in [-0.3, -0.25) is 9.69 Å². The molecule has 2 bridgehead atoms. The molecule has 3 fully saturated rings. The van der Waals surface area contributed by atoms with Crippen molar-refractivity contribution >= 4 is 11.9 Å². The van der Waals surface area contributed by atoms with Gasteiger partial charge < -0.3 is 15.0 Å². The first kappa shape index (κ1) is 24.0. The van der Waals surface area contributed by atoms with Crippen molar-refractivity contribution in [3.8, 4) is 0 Å². The van der Waals surface area contributed by atoms with Crippen molar-refractivity contribution in [2.45, 2.75) is 63.0 Å². The molecule has 188 valence electrons. The molecule has 0 aliphatic carbocycles. The van der Waals surface area contributed by atoms with Gasteiger partial charge in [0.05, 0.1) is 18.8 Å². The number of alkyl halides is 3. The number of benzene rings is 1. The molecule has 3 atom stereocenters. The van der Waals surface area contributed by atoms with Crippen molar-refractivity contribution in [3.63, 3.8) is 0 Å². The van der Waals surface area contributed by atoms with Crippen molar-refractivity contribution in [2.24, 2.45) is 0 Å². The average Bonchev–Trinajstić information content (AvgIpc) is 2.85. The van der Waals surface area contributed by atoms with Crippen molar-refractivity contribution in [1.29, 1.82) is 0 Å². The van der Waals surface area contributed by atoms with E-state index in [0.29, 0.717) is 25.3 Å². The van der Waals surface area contributed by atoms with Gasteiger partial charge in [-0.1, -0.05) is 36.8 Å². The summed E-state index contributed by atoms with van der Waals surface area (Å²) in [5, 5.41) is 3.16. The standard InChI is InChI=1S/C25H30F3N5O2/c26-25(27,28)22-21(23(34)32-9-11-35-12-10-32)15-29-24(31-22)30-18-13-19-7-4-8-20(14-18)33(19)16-17-5-2-1-3-6-17/h1-3,5-6,15,18-20H,4,7-14,16H2,(H,29,30,31)/t18?,19-,20+. The highest BCUT2D eigenvalue weighted by atomic mass is 19.4. The van der Waals surface area contributed by atoms with Gasteiger partial charge in [0, 0.05) is 44.0 Å². The van der Waals surface area contributed by atoms with E-state index in [1.54, 1.807) is 0 Å². The maximum absolute atomic E-state index is 13.9. The quantitative estimate of drug-likeness (QED) is 0.686. The second kappa shape index (κ2) is 10.1. The van der Waals surface area contributed by atoms with Gasteiger partial charge in [-0.2, -0.15) is 13.2 Å². The van der Waals surface area contributed by atoms with E-state index in [1.165, 1.54) is 16.9 Å². The van der Waals surface area contributed by atoms with Crippen LogP contribution in [0.5, 0.6) is 0 Å². The number of piperidine rings is 2. The van der Waals surface area contributed by atoms with E-state index in [9.17, 15) is 18.0 Å². The van der Waals surface area contributed by atoms with E-state index in [-0.39, 0.29) is 25.1 Å². The number of carbonyl (C=O) groups excluding carboxylic acids is 1. The first-order valence-corrected chi connectivity index (χ1v) is 12.3. The Labute approximate surface area is 202 Å². The van der Waals surface area contributed by atoms with Gasteiger partial charge >= 0.3 is 6.18 Å². The average molecular weight is 490 g/mol. The molecule has 3 aliphatic rings. The third-order valence-corrected chi connectivity index (χ3v) is 7.25. The van der Waals surface area contributed by atoms with Crippen LogP contribution in [0.15, 0.2) is 36.5 Å². The van der Waals surface area contributed by atoms with Gasteiger partial charge in [-0.15, -0.1) is 0 Å². The summed E-state index contributed by atoms with van der Waals surface area (Å²) in [7, 11) is 0. The van der Waals surface area contributed by atoms with E-state index in [4.69, 9.17) is 4.74 Å². The molecule has 0 radical (unpaired) electrons. The van der Waals surface area contributed by atoms with E-state index in [1.807, 2.05) is 18.2 Å². The molecular formula is C25H30F3N5O2. The fraction of sp³-hybridized carbons (Fsp3) is 0.560. The zero-order valence-corrected chi connectivity index (χ0v) is 19.5. The SMILES string of the molecule is O=C(c1cnc(NC2C[C@H]3CCC[C@@H](C2)N3Cc2ccccc2)nc1C(F)(F)F)N1CCOCC1. The number of hydrogen-bond acceptors (Lipinski definition) is 6. The number of nitrogens with zero attached hydrogens (tertiary/aromatic N) is 4. The predicted octanol–water partition coefficient (Wildman–Crippen LogP) is 3.97. The molecule has 10 heteroatoms. The van der Waals surface area contributed by atoms with Crippen LogP contribution in [0.1, 0.15) is 53.7 Å². The molecule has 2 aromatic rings. The molecule has 0 saturated carbocycles.